The minimum Gasteiger partial charge on any atom is -0.480 e. The van der Waals surface area contributed by atoms with Gasteiger partial charge in [-0.15, -0.1) is 0 Å². The summed E-state index contributed by atoms with van der Waals surface area (Å²) in [6.07, 6.45) is 8.13. The van der Waals surface area contributed by atoms with E-state index in [1.54, 1.807) is 32.9 Å². The van der Waals surface area contributed by atoms with Crippen molar-refractivity contribution in [2.24, 2.45) is 23.7 Å². The Bertz CT molecular complexity index is 1250. The second kappa shape index (κ2) is 17.1. The Kier molecular flexibility index (Phi) is 13.9. The highest BCUT2D eigenvalue weighted by atomic mass is 16.6. The van der Waals surface area contributed by atoms with Gasteiger partial charge in [0.1, 0.15) is 6.04 Å². The Morgan fingerprint density at radius 2 is 1.74 bits per heavy atom. The number of ether oxygens (including phenoxy) is 1. The predicted octanol–water partition coefficient (Wildman–Crippen LogP) is 3.86. The summed E-state index contributed by atoms with van der Waals surface area (Å²) in [7, 11) is 0. The number of likely N-dealkylation sites (tertiary alicyclic amines) is 1. The Labute approximate surface area is 272 Å². The number of hydrogen-bond donors (Lipinski definition) is 4. The maximum Gasteiger partial charge on any atom is 0.326 e. The molecular weight excluding hydrogens is 590 g/mol. The lowest BCUT2D eigenvalue weighted by atomic mass is 9.80. The molecule has 0 aromatic heterocycles. The van der Waals surface area contributed by atoms with Gasteiger partial charge in [0.2, 0.25) is 5.79 Å². The largest absolute Gasteiger partial charge is 0.480 e. The number of carbonyl (C=O) groups excluding carboxylic acids is 3. The van der Waals surface area contributed by atoms with E-state index in [-0.39, 0.29) is 24.7 Å². The number of amides is 1. The van der Waals surface area contributed by atoms with Gasteiger partial charge in [-0.25, -0.2) is 4.79 Å². The topological polar surface area (TPSA) is 162 Å². The number of nitrogens with zero attached hydrogens (tertiary/aromatic N) is 1. The van der Waals surface area contributed by atoms with Gasteiger partial charge < -0.3 is 30.1 Å². The molecular formula is C36H51NO9. The van der Waals surface area contributed by atoms with Gasteiger partial charge >= 0.3 is 5.97 Å². The fourth-order valence-electron chi connectivity index (χ4n) is 6.43. The minimum absolute atomic E-state index is 0.0726. The maximum absolute atomic E-state index is 13.3. The van der Waals surface area contributed by atoms with E-state index in [9.17, 15) is 39.6 Å². The van der Waals surface area contributed by atoms with E-state index in [0.29, 0.717) is 32.1 Å². The molecule has 0 bridgehead atoms. The third-order valence-electron chi connectivity index (χ3n) is 9.77. The number of piperidine rings is 1. The SMILES string of the molecule is CC[C@H](Cc1ccccc1)[C@@H](O)/C=C/C/C=C/C(=O)[C@@H](C)[C@H](O)[C@@H](C)[C@@H]1CC[C@@H](C)[C@](O)(C(=O)C(=O)N2CCCCC2C(=O)O)O1. The van der Waals surface area contributed by atoms with Gasteiger partial charge in [-0.3, -0.25) is 14.4 Å². The van der Waals surface area contributed by atoms with Crippen LogP contribution in [0.2, 0.25) is 0 Å². The van der Waals surface area contributed by atoms with E-state index in [0.717, 1.165) is 17.7 Å². The van der Waals surface area contributed by atoms with Gasteiger partial charge in [0.15, 0.2) is 5.78 Å². The van der Waals surface area contributed by atoms with Gasteiger partial charge in [-0.2, -0.15) is 0 Å². The summed E-state index contributed by atoms with van der Waals surface area (Å²) < 4.78 is 5.86. The highest BCUT2D eigenvalue weighted by Crippen LogP contribution is 2.38. The van der Waals surface area contributed by atoms with Crippen LogP contribution < -0.4 is 0 Å². The minimum atomic E-state index is -2.48. The molecule has 254 valence electrons. The Hall–Kier alpha value is -3.18. The van der Waals surface area contributed by atoms with Crippen molar-refractivity contribution in [2.45, 2.75) is 109 Å². The van der Waals surface area contributed by atoms with Crippen molar-refractivity contribution >= 4 is 23.4 Å². The van der Waals surface area contributed by atoms with Crippen LogP contribution in [0.1, 0.15) is 78.2 Å². The van der Waals surface area contributed by atoms with Crippen molar-refractivity contribution in [2.75, 3.05) is 6.54 Å². The van der Waals surface area contributed by atoms with Crippen LogP contribution in [-0.2, 0) is 30.3 Å². The first-order chi connectivity index (χ1) is 21.8. The molecule has 2 aliphatic heterocycles. The van der Waals surface area contributed by atoms with E-state index < -0.39 is 65.6 Å². The van der Waals surface area contributed by atoms with Crippen molar-refractivity contribution in [3.8, 4) is 0 Å². The number of carboxylic acids is 1. The average molecular weight is 642 g/mol. The lowest BCUT2D eigenvalue weighted by Gasteiger charge is -2.44. The molecule has 2 heterocycles. The summed E-state index contributed by atoms with van der Waals surface area (Å²) in [4.78, 5) is 52.0. The number of Topliss-reactive ketones (excluding diaryl/α,β-unsaturated/α-hetero) is 1. The molecule has 0 aliphatic carbocycles. The molecule has 10 heteroatoms. The first-order valence-electron chi connectivity index (χ1n) is 16.6. The van der Waals surface area contributed by atoms with Crippen molar-refractivity contribution in [1.29, 1.82) is 0 Å². The fourth-order valence-corrected chi connectivity index (χ4v) is 6.43. The van der Waals surface area contributed by atoms with Crippen LogP contribution >= 0.6 is 0 Å². The molecule has 0 radical (unpaired) electrons. The second-order valence-corrected chi connectivity index (χ2v) is 13.0. The smallest absolute Gasteiger partial charge is 0.326 e. The van der Waals surface area contributed by atoms with Gasteiger partial charge in [-0.05, 0) is 62.5 Å². The first kappa shape index (κ1) is 37.3. The Morgan fingerprint density at radius 1 is 1.04 bits per heavy atom. The van der Waals surface area contributed by atoms with Gasteiger partial charge in [0, 0.05) is 24.3 Å². The Balaban J connectivity index is 1.56. The summed E-state index contributed by atoms with van der Waals surface area (Å²) in [5, 5.41) is 42.6. The molecule has 4 N–H and O–H groups in total. The highest BCUT2D eigenvalue weighted by Gasteiger charge is 2.53. The number of aliphatic hydroxyl groups is 3. The highest BCUT2D eigenvalue weighted by molar-refractivity contribution is 6.39. The van der Waals surface area contributed by atoms with E-state index in [1.165, 1.54) is 11.6 Å². The number of aliphatic hydroxyl groups excluding tert-OH is 2. The van der Waals surface area contributed by atoms with E-state index in [2.05, 4.69) is 0 Å². The van der Waals surface area contributed by atoms with Crippen LogP contribution in [0.4, 0.5) is 0 Å². The van der Waals surface area contributed by atoms with Crippen molar-refractivity contribution < 1.29 is 44.3 Å². The van der Waals surface area contributed by atoms with Crippen LogP contribution in [0.5, 0.6) is 0 Å². The molecule has 0 saturated carbocycles. The second-order valence-electron chi connectivity index (χ2n) is 13.0. The quantitative estimate of drug-likeness (QED) is 0.127. The van der Waals surface area contributed by atoms with Crippen molar-refractivity contribution in [1.82, 2.24) is 4.90 Å². The van der Waals surface area contributed by atoms with Gasteiger partial charge in [0.05, 0.1) is 18.3 Å². The average Bonchev–Trinajstić information content (AvgIpc) is 3.06. The lowest BCUT2D eigenvalue weighted by molar-refractivity contribution is -0.274. The maximum atomic E-state index is 13.3. The number of aliphatic carboxylic acids is 1. The van der Waals surface area contributed by atoms with Crippen LogP contribution in [0, 0.1) is 23.7 Å². The zero-order chi connectivity index (χ0) is 34.0. The molecule has 9 atom stereocenters. The standard InChI is InChI=1S/C36H51NO9/c1-5-27(22-26-14-8-6-9-15-26)30(39)18-11-7-10-17-29(38)24(3)32(40)25(4)31-20-19-23(2)36(45,46-31)33(41)34(42)37-21-13-12-16-28(37)35(43)44/h6,8-11,14-15,17-18,23-25,27-28,30-32,39-40,45H,5,7,12-13,16,19-22H2,1-4H3,(H,43,44)/b17-10+,18-11+/t23-,24-,25+,27-,28?,30+,31+,32+,36-/m1/s1. The number of ketones is 2. The van der Waals surface area contributed by atoms with E-state index in [4.69, 9.17) is 4.74 Å². The monoisotopic (exact) mass is 641 g/mol. The summed E-state index contributed by atoms with van der Waals surface area (Å²) in [5.41, 5.74) is 1.17. The number of rotatable bonds is 15. The number of carbonyl (C=O) groups is 4. The first-order valence-corrected chi connectivity index (χ1v) is 16.6. The molecule has 2 saturated heterocycles. The molecule has 0 spiro atoms. The third kappa shape index (κ3) is 9.21. The number of allylic oxidation sites excluding steroid dienone is 3. The zero-order valence-corrected chi connectivity index (χ0v) is 27.5. The molecule has 2 aliphatic rings. The van der Waals surface area contributed by atoms with Gasteiger partial charge in [0.25, 0.3) is 11.7 Å². The van der Waals surface area contributed by atoms with Crippen LogP contribution in [0.25, 0.3) is 0 Å². The summed E-state index contributed by atoms with van der Waals surface area (Å²) >= 11 is 0. The molecule has 1 unspecified atom stereocenters. The molecule has 1 aromatic carbocycles. The molecule has 2 fully saturated rings. The normalized spacial score (nSPS) is 27.2. The Morgan fingerprint density at radius 3 is 2.39 bits per heavy atom. The summed E-state index contributed by atoms with van der Waals surface area (Å²) in [6.45, 7) is 6.99. The van der Waals surface area contributed by atoms with Crippen LogP contribution in [0.15, 0.2) is 54.6 Å². The fraction of sp³-hybridized carbons (Fsp3) is 0.611. The molecule has 3 rings (SSSR count). The third-order valence-corrected chi connectivity index (χ3v) is 9.77. The predicted molar refractivity (Wildman–Crippen MR) is 172 cm³/mol. The van der Waals surface area contributed by atoms with Crippen LogP contribution in [0.3, 0.4) is 0 Å². The van der Waals surface area contributed by atoms with Crippen molar-refractivity contribution in [3.05, 3.63) is 60.2 Å². The van der Waals surface area contributed by atoms with E-state index >= 15 is 0 Å². The number of carboxylic acid groups (broad SMARTS) is 1. The molecule has 1 aromatic rings. The van der Waals surface area contributed by atoms with Gasteiger partial charge in [-0.1, -0.05) is 82.7 Å². The van der Waals surface area contributed by atoms with E-state index in [1.807, 2.05) is 43.3 Å². The van der Waals surface area contributed by atoms with Crippen LogP contribution in [-0.4, -0.2) is 85.5 Å². The zero-order valence-electron chi connectivity index (χ0n) is 27.5. The molecule has 46 heavy (non-hydrogen) atoms. The van der Waals surface area contributed by atoms with Crippen molar-refractivity contribution in [3.63, 3.8) is 0 Å². The number of benzene rings is 1. The number of hydrogen-bond acceptors (Lipinski definition) is 8. The summed E-state index contributed by atoms with van der Waals surface area (Å²) in [6, 6.07) is 8.86. The lowest BCUT2D eigenvalue weighted by Crippen LogP contribution is -2.61. The summed E-state index contributed by atoms with van der Waals surface area (Å²) in [5.74, 6) is -8.43. The molecule has 10 nitrogen and oxygen atoms in total. The molecule has 1 amide bonds.